The fourth-order valence-electron chi connectivity index (χ4n) is 2.52. The minimum atomic E-state index is -0.413. The number of ether oxygens (including phenoxy) is 1. The van der Waals surface area contributed by atoms with Gasteiger partial charge in [0.2, 0.25) is 0 Å². The highest BCUT2D eigenvalue weighted by Gasteiger charge is 2.17. The fraction of sp³-hybridized carbons (Fsp3) is 0.600. The first-order chi connectivity index (χ1) is 10.1. The number of benzene rings is 1. The average molecular weight is 293 g/mol. The topological polar surface area (TPSA) is 76.4 Å². The molecule has 0 saturated carbocycles. The maximum absolute atomic E-state index is 11.0. The van der Waals surface area contributed by atoms with E-state index in [1.807, 2.05) is 13.8 Å². The van der Waals surface area contributed by atoms with Gasteiger partial charge in [0.1, 0.15) is 0 Å². The van der Waals surface area contributed by atoms with Gasteiger partial charge in [0.25, 0.3) is 0 Å². The largest absolute Gasteiger partial charge is 0.484 e. The Bertz CT molecular complexity index is 485. The molecule has 0 spiro atoms. The fourth-order valence-corrected chi connectivity index (χ4v) is 2.52. The molecule has 6 heteroatoms. The normalized spacial score (nSPS) is 18.0. The molecule has 1 aromatic carbocycles. The Morgan fingerprint density at radius 1 is 1.52 bits per heavy atom. The summed E-state index contributed by atoms with van der Waals surface area (Å²) in [5.74, 6) is 0.319. The molecule has 116 valence electrons. The molecular weight excluding hydrogens is 270 g/mol. The van der Waals surface area contributed by atoms with Crippen molar-refractivity contribution in [2.45, 2.75) is 45.3 Å². The summed E-state index contributed by atoms with van der Waals surface area (Å²) in [6.07, 6.45) is 3.43. The number of rotatable bonds is 7. The summed E-state index contributed by atoms with van der Waals surface area (Å²) in [7, 11) is 0. The molecule has 21 heavy (non-hydrogen) atoms. The Hall–Kier alpha value is -1.82. The molecule has 6 nitrogen and oxygen atoms in total. The Labute approximate surface area is 125 Å². The highest BCUT2D eigenvalue weighted by molar-refractivity contribution is 5.58. The summed E-state index contributed by atoms with van der Waals surface area (Å²) < 4.78 is 5.53. The van der Waals surface area contributed by atoms with E-state index in [4.69, 9.17) is 4.74 Å². The maximum atomic E-state index is 11.0. The molecule has 0 bridgehead atoms. The van der Waals surface area contributed by atoms with E-state index in [0.29, 0.717) is 11.8 Å². The number of hydrogen-bond donors (Lipinski definition) is 2. The molecule has 0 aliphatic carbocycles. The van der Waals surface area contributed by atoms with Crippen molar-refractivity contribution < 1.29 is 9.66 Å². The number of nitrogens with one attached hydrogen (secondary N) is 2. The summed E-state index contributed by atoms with van der Waals surface area (Å²) in [6, 6.07) is 5.52. The lowest BCUT2D eigenvalue weighted by molar-refractivity contribution is -0.386. The number of hydrogen-bond acceptors (Lipinski definition) is 5. The average Bonchev–Trinajstić information content (AvgIpc) is 2.91. The van der Waals surface area contributed by atoms with Gasteiger partial charge < -0.3 is 15.4 Å². The maximum Gasteiger partial charge on any atom is 0.311 e. The zero-order chi connectivity index (χ0) is 15.2. The Balaban J connectivity index is 1.97. The van der Waals surface area contributed by atoms with Crippen LogP contribution in [0.3, 0.4) is 0 Å². The zero-order valence-corrected chi connectivity index (χ0v) is 12.6. The van der Waals surface area contributed by atoms with Gasteiger partial charge in [-0.05, 0) is 45.7 Å². The molecule has 2 rings (SSSR count). The Kier molecular flexibility index (Phi) is 5.38. The van der Waals surface area contributed by atoms with Gasteiger partial charge >= 0.3 is 5.69 Å². The number of nitro groups is 1. The third kappa shape index (κ3) is 4.60. The lowest BCUT2D eigenvalue weighted by atomic mass is 10.1. The standard InChI is InChI=1S/C15H23N3O3/c1-11(2)21-15-10-13(5-6-14(15)18(19)20)17-9-7-12-4-3-8-16-12/h5-6,10-12,16-17H,3-4,7-9H2,1-2H3/t12-/m1/s1. The molecule has 0 radical (unpaired) electrons. The predicted octanol–water partition coefficient (Wildman–Crippen LogP) is 2.94. The van der Waals surface area contributed by atoms with E-state index in [2.05, 4.69) is 10.6 Å². The predicted molar refractivity (Wildman–Crippen MR) is 83.0 cm³/mol. The zero-order valence-electron chi connectivity index (χ0n) is 12.6. The van der Waals surface area contributed by atoms with Crippen molar-refractivity contribution in [2.24, 2.45) is 0 Å². The summed E-state index contributed by atoms with van der Waals surface area (Å²) in [4.78, 5) is 10.6. The van der Waals surface area contributed by atoms with E-state index in [1.54, 1.807) is 12.1 Å². The van der Waals surface area contributed by atoms with Crippen LogP contribution in [0.1, 0.15) is 33.1 Å². The summed E-state index contributed by atoms with van der Waals surface area (Å²) in [5, 5.41) is 17.8. The second-order valence-corrected chi connectivity index (χ2v) is 5.61. The molecule has 0 amide bonds. The van der Waals surface area contributed by atoms with Crippen LogP contribution in [0.5, 0.6) is 5.75 Å². The minimum Gasteiger partial charge on any atom is -0.484 e. The second-order valence-electron chi connectivity index (χ2n) is 5.61. The lowest BCUT2D eigenvalue weighted by Gasteiger charge is -2.14. The Morgan fingerprint density at radius 3 is 2.95 bits per heavy atom. The van der Waals surface area contributed by atoms with Crippen LogP contribution < -0.4 is 15.4 Å². The monoisotopic (exact) mass is 293 g/mol. The van der Waals surface area contributed by atoms with Crippen molar-refractivity contribution in [2.75, 3.05) is 18.4 Å². The highest BCUT2D eigenvalue weighted by atomic mass is 16.6. The van der Waals surface area contributed by atoms with Crippen molar-refractivity contribution in [1.82, 2.24) is 5.32 Å². The van der Waals surface area contributed by atoms with Crippen LogP contribution in [0, 0.1) is 10.1 Å². The van der Waals surface area contributed by atoms with Crippen molar-refractivity contribution in [3.8, 4) is 5.75 Å². The first-order valence-electron chi connectivity index (χ1n) is 7.48. The number of nitrogens with zero attached hydrogens (tertiary/aromatic N) is 1. The summed E-state index contributed by atoms with van der Waals surface area (Å²) in [6.45, 7) is 5.66. The molecule has 0 aromatic heterocycles. The minimum absolute atomic E-state index is 0.00621. The van der Waals surface area contributed by atoms with Gasteiger partial charge in [-0.1, -0.05) is 0 Å². The van der Waals surface area contributed by atoms with Crippen LogP contribution in [0.15, 0.2) is 18.2 Å². The second kappa shape index (κ2) is 7.26. The van der Waals surface area contributed by atoms with E-state index >= 15 is 0 Å². The van der Waals surface area contributed by atoms with Crippen LogP contribution >= 0.6 is 0 Å². The van der Waals surface area contributed by atoms with E-state index in [9.17, 15) is 10.1 Å². The van der Waals surface area contributed by atoms with E-state index in [0.717, 1.165) is 25.2 Å². The van der Waals surface area contributed by atoms with Gasteiger partial charge in [0.15, 0.2) is 5.75 Å². The molecule has 1 heterocycles. The molecule has 1 fully saturated rings. The molecule has 1 aliphatic rings. The van der Waals surface area contributed by atoms with Crippen molar-refractivity contribution in [3.63, 3.8) is 0 Å². The van der Waals surface area contributed by atoms with Gasteiger partial charge in [-0.25, -0.2) is 0 Å². The molecule has 1 saturated heterocycles. The SMILES string of the molecule is CC(C)Oc1cc(NCC[C@H]2CCCN2)ccc1[N+](=O)[O-]. The Morgan fingerprint density at radius 2 is 2.33 bits per heavy atom. The van der Waals surface area contributed by atoms with Crippen LogP contribution in [0.2, 0.25) is 0 Å². The molecule has 0 unspecified atom stereocenters. The van der Waals surface area contributed by atoms with Crippen LogP contribution in [-0.2, 0) is 0 Å². The van der Waals surface area contributed by atoms with Crippen LogP contribution in [0.4, 0.5) is 11.4 Å². The smallest absolute Gasteiger partial charge is 0.311 e. The first-order valence-corrected chi connectivity index (χ1v) is 7.48. The number of nitro benzene ring substituents is 1. The summed E-state index contributed by atoms with van der Waals surface area (Å²) >= 11 is 0. The molecule has 2 N–H and O–H groups in total. The van der Waals surface area contributed by atoms with Gasteiger partial charge in [-0.2, -0.15) is 0 Å². The van der Waals surface area contributed by atoms with E-state index < -0.39 is 4.92 Å². The summed E-state index contributed by atoms with van der Waals surface area (Å²) in [5.41, 5.74) is 0.862. The van der Waals surface area contributed by atoms with Crippen molar-refractivity contribution >= 4 is 11.4 Å². The van der Waals surface area contributed by atoms with Crippen molar-refractivity contribution in [3.05, 3.63) is 28.3 Å². The highest BCUT2D eigenvalue weighted by Crippen LogP contribution is 2.31. The van der Waals surface area contributed by atoms with E-state index in [-0.39, 0.29) is 11.8 Å². The number of anilines is 1. The molecule has 1 atom stereocenters. The molecule has 1 aliphatic heterocycles. The van der Waals surface area contributed by atoms with Gasteiger partial charge in [-0.3, -0.25) is 10.1 Å². The van der Waals surface area contributed by atoms with Gasteiger partial charge in [-0.15, -0.1) is 0 Å². The van der Waals surface area contributed by atoms with Gasteiger partial charge in [0, 0.05) is 30.4 Å². The molecule has 1 aromatic rings. The lowest BCUT2D eigenvalue weighted by Crippen LogP contribution is -2.24. The van der Waals surface area contributed by atoms with E-state index in [1.165, 1.54) is 18.9 Å². The first kappa shape index (κ1) is 15.6. The van der Waals surface area contributed by atoms with Crippen LogP contribution in [0.25, 0.3) is 0 Å². The quantitative estimate of drug-likeness (QED) is 0.597. The third-order valence-electron chi connectivity index (χ3n) is 3.50. The molecular formula is C15H23N3O3. The third-order valence-corrected chi connectivity index (χ3v) is 3.50. The van der Waals surface area contributed by atoms with Crippen molar-refractivity contribution in [1.29, 1.82) is 0 Å². The van der Waals surface area contributed by atoms with Crippen LogP contribution in [-0.4, -0.2) is 30.2 Å². The van der Waals surface area contributed by atoms with Gasteiger partial charge in [0.05, 0.1) is 11.0 Å².